The Morgan fingerprint density at radius 3 is 2.62 bits per heavy atom. The van der Waals surface area contributed by atoms with Crippen molar-refractivity contribution in [2.24, 2.45) is 0 Å². The zero-order valence-electron chi connectivity index (χ0n) is 9.70. The van der Waals surface area contributed by atoms with Gasteiger partial charge in [-0.05, 0) is 25.1 Å². The van der Waals surface area contributed by atoms with E-state index in [0.29, 0.717) is 10.6 Å². The Bertz CT molecular complexity index is 357. The minimum Gasteiger partial charge on any atom is -0.313 e. The Hall–Kier alpha value is -0.740. The lowest BCUT2D eigenvalue weighted by atomic mass is 10.2. The van der Waals surface area contributed by atoms with Gasteiger partial charge in [0.05, 0.1) is 15.7 Å². The Morgan fingerprint density at radius 2 is 2.06 bits per heavy atom. The van der Waals surface area contributed by atoms with Crippen molar-refractivity contribution in [3.63, 3.8) is 0 Å². The van der Waals surface area contributed by atoms with Gasteiger partial charge in [0, 0.05) is 11.8 Å². The molecule has 0 spiro atoms. The molecule has 0 heterocycles. The fraction of sp³-hybridized carbons (Fsp3) is 0.500. The lowest BCUT2D eigenvalue weighted by Crippen LogP contribution is -2.33. The largest absolute Gasteiger partial charge is 0.313 e. The Morgan fingerprint density at radius 1 is 1.38 bits per heavy atom. The minimum absolute atomic E-state index is 0.186. The molecule has 0 aliphatic carbocycles. The van der Waals surface area contributed by atoms with Crippen molar-refractivity contribution < 1.29 is 8.60 Å². The lowest BCUT2D eigenvalue weighted by molar-refractivity contribution is 0.550. The van der Waals surface area contributed by atoms with Gasteiger partial charge in [-0.2, -0.15) is 0 Å². The predicted molar refractivity (Wildman–Crippen MR) is 65.4 cm³/mol. The van der Waals surface area contributed by atoms with Gasteiger partial charge in [-0.3, -0.25) is 4.21 Å². The maximum absolute atomic E-state index is 13.4. The van der Waals surface area contributed by atoms with Crippen LogP contribution in [0, 0.1) is 5.82 Å². The first-order valence-corrected chi connectivity index (χ1v) is 6.87. The average Bonchev–Trinajstić information content (AvgIpc) is 2.28. The summed E-state index contributed by atoms with van der Waals surface area (Å²) in [6, 6.07) is 6.44. The summed E-state index contributed by atoms with van der Waals surface area (Å²) in [6.45, 7) is 4.88. The summed E-state index contributed by atoms with van der Waals surface area (Å²) in [6.07, 6.45) is 0.897. The van der Waals surface area contributed by atoms with E-state index >= 15 is 0 Å². The Labute approximate surface area is 98.7 Å². The monoisotopic (exact) mass is 243 g/mol. The summed E-state index contributed by atoms with van der Waals surface area (Å²) in [5.41, 5.74) is 0. The molecule has 2 nitrogen and oxygen atoms in total. The van der Waals surface area contributed by atoms with Crippen LogP contribution in [0.2, 0.25) is 0 Å². The van der Waals surface area contributed by atoms with E-state index < -0.39 is 10.8 Å². The Balaban J connectivity index is 2.68. The minimum atomic E-state index is -1.26. The molecule has 1 aromatic rings. The molecule has 16 heavy (non-hydrogen) atoms. The Kier molecular flexibility index (Phi) is 5.63. The van der Waals surface area contributed by atoms with Crippen molar-refractivity contribution in [2.45, 2.75) is 31.2 Å². The molecule has 0 aliphatic rings. The summed E-state index contributed by atoms with van der Waals surface area (Å²) in [5, 5.41) is 3.24. The maximum Gasteiger partial charge on any atom is 0.139 e. The lowest BCUT2D eigenvalue weighted by Gasteiger charge is -2.15. The second kappa shape index (κ2) is 6.76. The SMILES string of the molecule is CCNC(CC)CS(=O)c1ccccc1F. The highest BCUT2D eigenvalue weighted by Gasteiger charge is 2.14. The predicted octanol–water partition coefficient (Wildman–Crippen LogP) is 2.32. The average molecular weight is 243 g/mol. The highest BCUT2D eigenvalue weighted by molar-refractivity contribution is 7.85. The molecule has 2 atom stereocenters. The fourth-order valence-corrected chi connectivity index (χ4v) is 2.93. The molecule has 0 fully saturated rings. The van der Waals surface area contributed by atoms with Crippen LogP contribution in [0.25, 0.3) is 0 Å². The number of nitrogens with one attached hydrogen (secondary N) is 1. The second-order valence-electron chi connectivity index (χ2n) is 3.61. The zero-order valence-corrected chi connectivity index (χ0v) is 10.5. The van der Waals surface area contributed by atoms with Crippen LogP contribution in [-0.4, -0.2) is 22.5 Å². The van der Waals surface area contributed by atoms with E-state index in [4.69, 9.17) is 0 Å². The maximum atomic E-state index is 13.4. The first kappa shape index (κ1) is 13.3. The molecular weight excluding hydrogens is 225 g/mol. The van der Waals surface area contributed by atoms with Gasteiger partial charge in [0.1, 0.15) is 5.82 Å². The summed E-state index contributed by atoms with van der Waals surface area (Å²) >= 11 is 0. The van der Waals surface area contributed by atoms with Crippen LogP contribution >= 0.6 is 0 Å². The number of rotatable bonds is 6. The molecule has 0 saturated heterocycles. The van der Waals surface area contributed by atoms with E-state index in [-0.39, 0.29) is 11.9 Å². The first-order chi connectivity index (χ1) is 7.69. The third kappa shape index (κ3) is 3.68. The molecule has 1 N–H and O–H groups in total. The number of benzene rings is 1. The molecule has 2 unspecified atom stereocenters. The molecular formula is C12H18FNOS. The standard InChI is InChI=1S/C12H18FNOS/c1-3-10(14-4-2)9-16(15)12-8-6-5-7-11(12)13/h5-8,10,14H,3-4,9H2,1-2H3. The van der Waals surface area contributed by atoms with E-state index in [1.54, 1.807) is 18.2 Å². The van der Waals surface area contributed by atoms with Crippen LogP contribution in [0.5, 0.6) is 0 Å². The van der Waals surface area contributed by atoms with Crippen LogP contribution < -0.4 is 5.32 Å². The molecule has 90 valence electrons. The van der Waals surface area contributed by atoms with E-state index in [1.807, 2.05) is 13.8 Å². The molecule has 1 aromatic carbocycles. The molecule has 0 aliphatic heterocycles. The van der Waals surface area contributed by atoms with Crippen molar-refractivity contribution in [3.05, 3.63) is 30.1 Å². The molecule has 0 radical (unpaired) electrons. The van der Waals surface area contributed by atoms with Gasteiger partial charge in [-0.1, -0.05) is 26.0 Å². The fourth-order valence-electron chi connectivity index (χ4n) is 1.51. The van der Waals surface area contributed by atoms with Gasteiger partial charge in [-0.15, -0.1) is 0 Å². The molecule has 1 rings (SSSR count). The van der Waals surface area contributed by atoms with Crippen LogP contribution in [0.1, 0.15) is 20.3 Å². The highest BCUT2D eigenvalue weighted by Crippen LogP contribution is 2.13. The third-order valence-corrected chi connectivity index (χ3v) is 3.95. The molecule has 0 saturated carbocycles. The van der Waals surface area contributed by atoms with Crippen molar-refractivity contribution in [1.29, 1.82) is 0 Å². The van der Waals surface area contributed by atoms with Gasteiger partial charge in [0.25, 0.3) is 0 Å². The van der Waals surface area contributed by atoms with Crippen LogP contribution in [0.15, 0.2) is 29.2 Å². The van der Waals surface area contributed by atoms with Gasteiger partial charge in [0.15, 0.2) is 0 Å². The van der Waals surface area contributed by atoms with Gasteiger partial charge in [0.2, 0.25) is 0 Å². The van der Waals surface area contributed by atoms with Gasteiger partial charge in [-0.25, -0.2) is 4.39 Å². The number of hydrogen-bond acceptors (Lipinski definition) is 2. The summed E-state index contributed by atoms with van der Waals surface area (Å²) in [7, 11) is -1.26. The summed E-state index contributed by atoms with van der Waals surface area (Å²) < 4.78 is 25.3. The van der Waals surface area contributed by atoms with Crippen molar-refractivity contribution >= 4 is 10.8 Å². The normalized spacial score (nSPS) is 14.7. The molecule has 0 bridgehead atoms. The van der Waals surface area contributed by atoms with Gasteiger partial charge >= 0.3 is 0 Å². The van der Waals surface area contributed by atoms with E-state index in [2.05, 4.69) is 5.32 Å². The first-order valence-electron chi connectivity index (χ1n) is 5.55. The molecule has 4 heteroatoms. The van der Waals surface area contributed by atoms with Crippen LogP contribution in [0.4, 0.5) is 4.39 Å². The summed E-state index contributed by atoms with van der Waals surface area (Å²) in [4.78, 5) is 0.304. The van der Waals surface area contributed by atoms with Crippen LogP contribution in [0.3, 0.4) is 0 Å². The smallest absolute Gasteiger partial charge is 0.139 e. The van der Waals surface area contributed by atoms with Crippen molar-refractivity contribution in [3.8, 4) is 0 Å². The third-order valence-electron chi connectivity index (χ3n) is 2.42. The van der Waals surface area contributed by atoms with Crippen molar-refractivity contribution in [2.75, 3.05) is 12.3 Å². The van der Waals surface area contributed by atoms with E-state index in [9.17, 15) is 8.60 Å². The second-order valence-corrected chi connectivity index (χ2v) is 5.07. The topological polar surface area (TPSA) is 29.1 Å². The number of hydrogen-bond donors (Lipinski definition) is 1. The van der Waals surface area contributed by atoms with E-state index in [0.717, 1.165) is 13.0 Å². The molecule has 0 amide bonds. The van der Waals surface area contributed by atoms with Crippen molar-refractivity contribution in [1.82, 2.24) is 5.32 Å². The van der Waals surface area contributed by atoms with E-state index in [1.165, 1.54) is 6.07 Å². The highest BCUT2D eigenvalue weighted by atomic mass is 32.2. The number of halogens is 1. The van der Waals surface area contributed by atoms with Crippen LogP contribution in [-0.2, 0) is 10.8 Å². The summed E-state index contributed by atoms with van der Waals surface area (Å²) in [5.74, 6) is 0.0813. The van der Waals surface area contributed by atoms with Gasteiger partial charge < -0.3 is 5.32 Å². The zero-order chi connectivity index (χ0) is 12.0. The quantitative estimate of drug-likeness (QED) is 0.831. The molecule has 0 aromatic heterocycles.